The van der Waals surface area contributed by atoms with Gasteiger partial charge >= 0.3 is 0 Å². The van der Waals surface area contributed by atoms with Gasteiger partial charge in [-0.05, 0) is 30.5 Å². The highest BCUT2D eigenvalue weighted by Gasteiger charge is 2.16. The summed E-state index contributed by atoms with van der Waals surface area (Å²) in [4.78, 5) is 13.1. The van der Waals surface area contributed by atoms with Crippen molar-refractivity contribution in [3.05, 3.63) is 53.1 Å². The molecule has 144 valence electrons. The third kappa shape index (κ3) is 4.52. The lowest BCUT2D eigenvalue weighted by Crippen LogP contribution is -2.19. The lowest BCUT2D eigenvalue weighted by molar-refractivity contribution is 0.442. The first-order chi connectivity index (χ1) is 13.3. The monoisotopic (exact) mass is 393 g/mol. The standard InChI is InChI=1S/C22H24ClN5/c1-6-19(16-8-7-9-24-14(16)2)28-15-10-17-20(18(23)11-15)26-13-27-21(17)25-12-22(3,4)5/h1,7-11,13,19,28H,12H2,2-5H3,(H,25,26,27). The van der Waals surface area contributed by atoms with Crippen LogP contribution in [0, 0.1) is 24.7 Å². The summed E-state index contributed by atoms with van der Waals surface area (Å²) in [5.41, 5.74) is 3.46. The third-order valence-corrected chi connectivity index (χ3v) is 4.60. The highest BCUT2D eigenvalue weighted by atomic mass is 35.5. The Labute approximate surface area is 171 Å². The number of nitrogens with one attached hydrogen (secondary N) is 2. The molecular formula is C22H24ClN5. The number of hydrogen-bond acceptors (Lipinski definition) is 5. The fourth-order valence-electron chi connectivity index (χ4n) is 2.88. The van der Waals surface area contributed by atoms with Gasteiger partial charge in [0.05, 0.1) is 10.5 Å². The summed E-state index contributed by atoms with van der Waals surface area (Å²) in [6, 6.07) is 7.34. The summed E-state index contributed by atoms with van der Waals surface area (Å²) < 4.78 is 0. The van der Waals surface area contributed by atoms with Crippen LogP contribution in [0.1, 0.15) is 38.1 Å². The van der Waals surface area contributed by atoms with Crippen LogP contribution in [0.25, 0.3) is 10.9 Å². The third-order valence-electron chi connectivity index (χ3n) is 4.31. The Kier molecular flexibility index (Phi) is 5.71. The molecule has 0 amide bonds. The largest absolute Gasteiger partial charge is 0.369 e. The van der Waals surface area contributed by atoms with Crippen molar-refractivity contribution in [2.45, 2.75) is 33.7 Å². The second-order valence-corrected chi connectivity index (χ2v) is 8.32. The van der Waals surface area contributed by atoms with Crippen LogP contribution >= 0.6 is 11.6 Å². The van der Waals surface area contributed by atoms with E-state index >= 15 is 0 Å². The van der Waals surface area contributed by atoms with Gasteiger partial charge in [0.15, 0.2) is 0 Å². The van der Waals surface area contributed by atoms with E-state index in [-0.39, 0.29) is 11.5 Å². The van der Waals surface area contributed by atoms with Crippen molar-refractivity contribution >= 4 is 34.0 Å². The molecule has 0 radical (unpaired) electrons. The van der Waals surface area contributed by atoms with E-state index in [0.29, 0.717) is 10.5 Å². The molecule has 0 bridgehead atoms. The van der Waals surface area contributed by atoms with Crippen molar-refractivity contribution < 1.29 is 0 Å². The smallest absolute Gasteiger partial charge is 0.137 e. The van der Waals surface area contributed by atoms with E-state index in [1.54, 1.807) is 6.20 Å². The quantitative estimate of drug-likeness (QED) is 0.581. The van der Waals surface area contributed by atoms with Gasteiger partial charge in [-0.15, -0.1) is 6.42 Å². The average molecular weight is 394 g/mol. The Morgan fingerprint density at radius 3 is 2.68 bits per heavy atom. The molecule has 2 heterocycles. The van der Waals surface area contributed by atoms with Crippen LogP contribution in [0.5, 0.6) is 0 Å². The molecule has 0 spiro atoms. The van der Waals surface area contributed by atoms with Crippen molar-refractivity contribution in [1.82, 2.24) is 15.0 Å². The summed E-state index contributed by atoms with van der Waals surface area (Å²) in [7, 11) is 0. The number of anilines is 2. The van der Waals surface area contributed by atoms with Gasteiger partial charge in [0.25, 0.3) is 0 Å². The Balaban J connectivity index is 1.98. The zero-order chi connectivity index (χ0) is 20.3. The van der Waals surface area contributed by atoms with Gasteiger partial charge in [-0.25, -0.2) is 9.97 Å². The molecule has 1 unspecified atom stereocenters. The van der Waals surface area contributed by atoms with Gasteiger partial charge in [-0.2, -0.15) is 0 Å². The molecule has 0 aliphatic carbocycles. The molecule has 6 heteroatoms. The number of aryl methyl sites for hydroxylation is 1. The number of hydrogen-bond donors (Lipinski definition) is 2. The van der Waals surface area contributed by atoms with Gasteiger partial charge < -0.3 is 10.6 Å². The molecule has 2 N–H and O–H groups in total. The summed E-state index contributed by atoms with van der Waals surface area (Å²) in [5.74, 6) is 3.54. The molecule has 0 saturated carbocycles. The summed E-state index contributed by atoms with van der Waals surface area (Å²) in [6.45, 7) is 9.21. The molecule has 0 fully saturated rings. The Bertz CT molecular complexity index is 1030. The van der Waals surface area contributed by atoms with Crippen molar-refractivity contribution in [3.63, 3.8) is 0 Å². The first-order valence-electron chi connectivity index (χ1n) is 9.11. The van der Waals surface area contributed by atoms with E-state index in [9.17, 15) is 0 Å². The van der Waals surface area contributed by atoms with E-state index in [1.807, 2.05) is 31.2 Å². The number of nitrogens with zero attached hydrogens (tertiary/aromatic N) is 3. The normalized spacial score (nSPS) is 12.4. The topological polar surface area (TPSA) is 62.7 Å². The zero-order valence-corrected chi connectivity index (χ0v) is 17.3. The zero-order valence-electron chi connectivity index (χ0n) is 16.5. The van der Waals surface area contributed by atoms with Crippen molar-refractivity contribution in [1.29, 1.82) is 0 Å². The number of halogens is 1. The molecule has 0 aliphatic heterocycles. The first-order valence-corrected chi connectivity index (χ1v) is 9.48. The number of terminal acetylenes is 1. The van der Waals surface area contributed by atoms with Crippen LogP contribution in [-0.2, 0) is 0 Å². The second-order valence-electron chi connectivity index (χ2n) is 7.91. The van der Waals surface area contributed by atoms with E-state index < -0.39 is 0 Å². The van der Waals surface area contributed by atoms with Crippen molar-refractivity contribution in [3.8, 4) is 12.3 Å². The average Bonchev–Trinajstić information content (AvgIpc) is 2.64. The van der Waals surface area contributed by atoms with Gasteiger partial charge in [0.2, 0.25) is 0 Å². The Morgan fingerprint density at radius 2 is 2.00 bits per heavy atom. The second kappa shape index (κ2) is 8.04. The van der Waals surface area contributed by atoms with Crippen molar-refractivity contribution in [2.75, 3.05) is 17.2 Å². The van der Waals surface area contributed by atoms with Gasteiger partial charge in [0.1, 0.15) is 18.2 Å². The summed E-state index contributed by atoms with van der Waals surface area (Å²) in [5, 5.41) is 8.17. The van der Waals surface area contributed by atoms with Crippen molar-refractivity contribution in [2.24, 2.45) is 5.41 Å². The molecule has 0 aliphatic rings. The minimum atomic E-state index is -0.321. The predicted octanol–water partition coefficient (Wildman–Crippen LogP) is 5.23. The van der Waals surface area contributed by atoms with Crippen LogP contribution in [0.3, 0.4) is 0 Å². The molecule has 3 rings (SSSR count). The predicted molar refractivity (Wildman–Crippen MR) is 117 cm³/mol. The van der Waals surface area contributed by atoms with Crippen LogP contribution in [-0.4, -0.2) is 21.5 Å². The highest BCUT2D eigenvalue weighted by molar-refractivity contribution is 6.35. The minimum Gasteiger partial charge on any atom is -0.369 e. The molecular weight excluding hydrogens is 370 g/mol. The number of pyridine rings is 1. The van der Waals surface area contributed by atoms with Gasteiger partial charge in [0, 0.05) is 35.1 Å². The Morgan fingerprint density at radius 1 is 1.21 bits per heavy atom. The maximum atomic E-state index is 6.51. The van der Waals surface area contributed by atoms with Crippen LogP contribution in [0.2, 0.25) is 5.02 Å². The maximum absolute atomic E-state index is 6.51. The van der Waals surface area contributed by atoms with Crippen LogP contribution in [0.4, 0.5) is 11.5 Å². The maximum Gasteiger partial charge on any atom is 0.137 e. The molecule has 5 nitrogen and oxygen atoms in total. The molecule has 3 aromatic rings. The molecule has 1 aromatic carbocycles. The lowest BCUT2D eigenvalue weighted by Gasteiger charge is -2.20. The first kappa shape index (κ1) is 19.9. The number of benzene rings is 1. The highest BCUT2D eigenvalue weighted by Crippen LogP contribution is 2.32. The van der Waals surface area contributed by atoms with E-state index in [0.717, 1.165) is 34.7 Å². The van der Waals surface area contributed by atoms with Gasteiger partial charge in [-0.1, -0.05) is 44.4 Å². The summed E-state index contributed by atoms with van der Waals surface area (Å²) >= 11 is 6.51. The van der Waals surface area contributed by atoms with E-state index in [2.05, 4.69) is 52.3 Å². The van der Waals surface area contributed by atoms with Gasteiger partial charge in [-0.3, -0.25) is 4.98 Å². The van der Waals surface area contributed by atoms with E-state index in [1.165, 1.54) is 6.33 Å². The number of aromatic nitrogens is 3. The Hall–Kier alpha value is -2.84. The van der Waals surface area contributed by atoms with Crippen LogP contribution in [0.15, 0.2) is 36.8 Å². The molecule has 0 saturated heterocycles. The molecule has 1 atom stereocenters. The van der Waals surface area contributed by atoms with Crippen LogP contribution < -0.4 is 10.6 Å². The number of rotatable bonds is 5. The SMILES string of the molecule is C#CC(Nc1cc(Cl)c2ncnc(NCC(C)(C)C)c2c1)c1cccnc1C. The molecule has 2 aromatic heterocycles. The fourth-order valence-corrected chi connectivity index (χ4v) is 3.14. The number of fused-ring (bicyclic) bond motifs is 1. The molecule has 28 heavy (non-hydrogen) atoms. The fraction of sp³-hybridized carbons (Fsp3) is 0.318. The lowest BCUT2D eigenvalue weighted by atomic mass is 9.97. The summed E-state index contributed by atoms with van der Waals surface area (Å²) in [6.07, 6.45) is 9.06. The minimum absolute atomic E-state index is 0.114. The van der Waals surface area contributed by atoms with E-state index in [4.69, 9.17) is 18.0 Å².